The summed E-state index contributed by atoms with van der Waals surface area (Å²) >= 11 is 0. The van der Waals surface area contributed by atoms with E-state index in [1.54, 1.807) is 0 Å². The molecule has 3 heteroatoms. The summed E-state index contributed by atoms with van der Waals surface area (Å²) in [5.74, 6) is 0.810. The van der Waals surface area contributed by atoms with Crippen LogP contribution in [0.5, 0.6) is 0 Å². The molecule has 0 radical (unpaired) electrons. The van der Waals surface area contributed by atoms with Crippen LogP contribution in [0.15, 0.2) is 18.2 Å². The number of nitrogens with one attached hydrogen (secondary N) is 1. The van der Waals surface area contributed by atoms with Crippen LogP contribution in [0.3, 0.4) is 0 Å². The Labute approximate surface area is 116 Å². The van der Waals surface area contributed by atoms with Crippen molar-refractivity contribution in [3.8, 4) is 0 Å². The quantitative estimate of drug-likeness (QED) is 0.906. The number of carbonyl (C=O) groups is 1. The Morgan fingerprint density at radius 3 is 2.95 bits per heavy atom. The fourth-order valence-electron chi connectivity index (χ4n) is 2.69. The Kier molecular flexibility index (Phi) is 4.59. The summed E-state index contributed by atoms with van der Waals surface area (Å²) in [5, 5.41) is 3.03. The van der Waals surface area contributed by atoms with E-state index in [4.69, 9.17) is 0 Å². The van der Waals surface area contributed by atoms with E-state index in [0.717, 1.165) is 24.3 Å². The van der Waals surface area contributed by atoms with Crippen molar-refractivity contribution < 1.29 is 4.79 Å². The molecule has 1 aliphatic heterocycles. The molecule has 1 atom stereocenters. The summed E-state index contributed by atoms with van der Waals surface area (Å²) in [6, 6.07) is 6.15. The van der Waals surface area contributed by atoms with Crippen molar-refractivity contribution in [1.29, 1.82) is 0 Å². The highest BCUT2D eigenvalue weighted by Crippen LogP contribution is 2.18. The van der Waals surface area contributed by atoms with Crippen LogP contribution in [0, 0.1) is 19.8 Å². The van der Waals surface area contributed by atoms with E-state index in [2.05, 4.69) is 23.2 Å². The van der Waals surface area contributed by atoms with Crippen LogP contribution >= 0.6 is 0 Å². The van der Waals surface area contributed by atoms with Gasteiger partial charge in [0, 0.05) is 12.2 Å². The average Bonchev–Trinajstić information content (AvgIpc) is 2.34. The van der Waals surface area contributed by atoms with Crippen LogP contribution in [-0.4, -0.2) is 30.4 Å². The van der Waals surface area contributed by atoms with Gasteiger partial charge in [-0.1, -0.05) is 19.1 Å². The monoisotopic (exact) mass is 260 g/mol. The first-order valence-corrected chi connectivity index (χ1v) is 7.14. The Hall–Kier alpha value is -1.35. The summed E-state index contributed by atoms with van der Waals surface area (Å²) in [5.41, 5.74) is 3.23. The first kappa shape index (κ1) is 14.1. The minimum absolute atomic E-state index is 0.0998. The lowest BCUT2D eigenvalue weighted by Crippen LogP contribution is -2.39. The number of carbonyl (C=O) groups excluding carboxylic acids is 1. The molecular formula is C16H24N2O. The van der Waals surface area contributed by atoms with Crippen molar-refractivity contribution in [2.45, 2.75) is 33.6 Å². The fourth-order valence-corrected chi connectivity index (χ4v) is 2.69. The molecule has 1 heterocycles. The van der Waals surface area contributed by atoms with Crippen molar-refractivity contribution in [3.63, 3.8) is 0 Å². The summed E-state index contributed by atoms with van der Waals surface area (Å²) < 4.78 is 0. The number of rotatable bonds is 3. The molecule has 1 fully saturated rings. The van der Waals surface area contributed by atoms with Gasteiger partial charge in [0.05, 0.1) is 6.54 Å². The molecule has 1 aliphatic rings. The average molecular weight is 260 g/mol. The van der Waals surface area contributed by atoms with Crippen LogP contribution in [0.2, 0.25) is 0 Å². The van der Waals surface area contributed by atoms with Crippen LogP contribution < -0.4 is 5.32 Å². The van der Waals surface area contributed by atoms with Crippen LogP contribution in [0.25, 0.3) is 0 Å². The summed E-state index contributed by atoms with van der Waals surface area (Å²) in [6.07, 6.45) is 2.49. The smallest absolute Gasteiger partial charge is 0.238 e. The third kappa shape index (κ3) is 4.06. The largest absolute Gasteiger partial charge is 0.325 e. The Balaban J connectivity index is 1.92. The fraction of sp³-hybridized carbons (Fsp3) is 0.562. The SMILES string of the molecule is Cc1ccc(C)c(NC(=O)CN2CCCC(C)C2)c1. The molecule has 1 aromatic carbocycles. The second kappa shape index (κ2) is 6.20. The highest BCUT2D eigenvalue weighted by Gasteiger charge is 2.18. The molecule has 0 bridgehead atoms. The highest BCUT2D eigenvalue weighted by molar-refractivity contribution is 5.93. The lowest BCUT2D eigenvalue weighted by molar-refractivity contribution is -0.117. The third-order valence-electron chi connectivity index (χ3n) is 3.78. The van der Waals surface area contributed by atoms with Crippen molar-refractivity contribution in [3.05, 3.63) is 29.3 Å². The van der Waals surface area contributed by atoms with Gasteiger partial charge in [-0.3, -0.25) is 9.69 Å². The number of anilines is 1. The number of piperidine rings is 1. The van der Waals surface area contributed by atoms with Gasteiger partial charge in [0.25, 0.3) is 0 Å². The molecule has 2 rings (SSSR count). The summed E-state index contributed by atoms with van der Waals surface area (Å²) in [4.78, 5) is 14.4. The Bertz CT molecular complexity index is 456. The Morgan fingerprint density at radius 1 is 1.42 bits per heavy atom. The van der Waals surface area contributed by atoms with Crippen molar-refractivity contribution in [2.24, 2.45) is 5.92 Å². The molecule has 0 aromatic heterocycles. The third-order valence-corrected chi connectivity index (χ3v) is 3.78. The molecule has 19 heavy (non-hydrogen) atoms. The number of hydrogen-bond donors (Lipinski definition) is 1. The second-order valence-corrected chi connectivity index (χ2v) is 5.85. The number of nitrogens with zero attached hydrogens (tertiary/aromatic N) is 1. The summed E-state index contributed by atoms with van der Waals surface area (Å²) in [7, 11) is 0. The van der Waals surface area contributed by atoms with E-state index in [1.807, 2.05) is 26.0 Å². The van der Waals surface area contributed by atoms with Gasteiger partial charge in [-0.2, -0.15) is 0 Å². The van der Waals surface area contributed by atoms with E-state index in [1.165, 1.54) is 18.4 Å². The molecule has 3 nitrogen and oxygen atoms in total. The molecule has 104 valence electrons. The van der Waals surface area contributed by atoms with Crippen LogP contribution in [-0.2, 0) is 4.79 Å². The maximum absolute atomic E-state index is 12.1. The molecule has 1 unspecified atom stereocenters. The molecule has 1 saturated heterocycles. The molecule has 1 N–H and O–H groups in total. The predicted molar refractivity (Wildman–Crippen MR) is 79.4 cm³/mol. The minimum atomic E-state index is 0.0998. The van der Waals surface area contributed by atoms with E-state index < -0.39 is 0 Å². The van der Waals surface area contributed by atoms with Crippen molar-refractivity contribution in [2.75, 3.05) is 25.0 Å². The van der Waals surface area contributed by atoms with Crippen LogP contribution in [0.1, 0.15) is 30.9 Å². The number of hydrogen-bond acceptors (Lipinski definition) is 2. The normalized spacial score (nSPS) is 20.3. The lowest BCUT2D eigenvalue weighted by atomic mass is 10.0. The van der Waals surface area contributed by atoms with Gasteiger partial charge in [0.15, 0.2) is 0 Å². The van der Waals surface area contributed by atoms with Crippen LogP contribution in [0.4, 0.5) is 5.69 Å². The zero-order valence-corrected chi connectivity index (χ0v) is 12.2. The topological polar surface area (TPSA) is 32.3 Å². The van der Waals surface area contributed by atoms with Gasteiger partial charge in [-0.05, 0) is 56.3 Å². The zero-order chi connectivity index (χ0) is 13.8. The standard InChI is InChI=1S/C16H24N2O/c1-12-6-7-14(3)15(9-12)17-16(19)11-18-8-4-5-13(2)10-18/h6-7,9,13H,4-5,8,10-11H2,1-3H3,(H,17,19). The van der Waals surface area contributed by atoms with Crippen molar-refractivity contribution in [1.82, 2.24) is 4.90 Å². The first-order chi connectivity index (χ1) is 9.04. The maximum Gasteiger partial charge on any atom is 0.238 e. The maximum atomic E-state index is 12.1. The molecule has 0 aliphatic carbocycles. The highest BCUT2D eigenvalue weighted by atomic mass is 16.2. The molecule has 1 aromatic rings. The van der Waals surface area contributed by atoms with Gasteiger partial charge in [0.1, 0.15) is 0 Å². The molecular weight excluding hydrogens is 236 g/mol. The first-order valence-electron chi connectivity index (χ1n) is 7.14. The lowest BCUT2D eigenvalue weighted by Gasteiger charge is -2.30. The summed E-state index contributed by atoms with van der Waals surface area (Å²) in [6.45, 7) is 8.93. The molecule has 0 saturated carbocycles. The number of aryl methyl sites for hydroxylation is 2. The van der Waals surface area contributed by atoms with E-state index in [9.17, 15) is 4.79 Å². The van der Waals surface area contributed by atoms with Gasteiger partial charge >= 0.3 is 0 Å². The van der Waals surface area contributed by atoms with Gasteiger partial charge < -0.3 is 5.32 Å². The second-order valence-electron chi connectivity index (χ2n) is 5.85. The predicted octanol–water partition coefficient (Wildman–Crippen LogP) is 2.97. The molecule has 0 spiro atoms. The van der Waals surface area contributed by atoms with E-state index in [-0.39, 0.29) is 5.91 Å². The molecule has 1 amide bonds. The van der Waals surface area contributed by atoms with E-state index in [0.29, 0.717) is 12.5 Å². The number of benzene rings is 1. The van der Waals surface area contributed by atoms with E-state index >= 15 is 0 Å². The van der Waals surface area contributed by atoms with Crippen molar-refractivity contribution >= 4 is 11.6 Å². The Morgan fingerprint density at radius 2 is 2.21 bits per heavy atom. The minimum Gasteiger partial charge on any atom is -0.325 e. The van der Waals surface area contributed by atoms with Gasteiger partial charge in [-0.15, -0.1) is 0 Å². The van der Waals surface area contributed by atoms with Gasteiger partial charge in [-0.25, -0.2) is 0 Å². The number of amides is 1. The zero-order valence-electron chi connectivity index (χ0n) is 12.2. The van der Waals surface area contributed by atoms with Gasteiger partial charge in [0.2, 0.25) is 5.91 Å². The number of likely N-dealkylation sites (tertiary alicyclic amines) is 1.